The van der Waals surface area contributed by atoms with E-state index in [9.17, 15) is 4.79 Å². The third-order valence-corrected chi connectivity index (χ3v) is 5.97. The summed E-state index contributed by atoms with van der Waals surface area (Å²) < 4.78 is 0. The van der Waals surface area contributed by atoms with E-state index < -0.39 is 0 Å². The Morgan fingerprint density at radius 2 is 1.92 bits per heavy atom. The van der Waals surface area contributed by atoms with Crippen LogP contribution in [0.4, 0.5) is 0 Å². The minimum atomic E-state index is 0.115. The van der Waals surface area contributed by atoms with Gasteiger partial charge in [-0.15, -0.1) is 0 Å². The zero-order chi connectivity index (χ0) is 19.3. The zero-order valence-corrected chi connectivity index (χ0v) is 17.9. The molecule has 1 aromatic carbocycles. The minimum Gasteiger partial charge on any atom is -0.355 e. The van der Waals surface area contributed by atoms with Crippen molar-refractivity contribution >= 4 is 29.1 Å². The van der Waals surface area contributed by atoms with E-state index in [-0.39, 0.29) is 17.2 Å². The minimum absolute atomic E-state index is 0.115. The number of piperidine rings is 1. The monoisotopic (exact) mass is 401 g/mol. The third-order valence-electron chi connectivity index (χ3n) is 5.11. The second kappa shape index (κ2) is 9.41. The average molecular weight is 402 g/mol. The van der Waals surface area contributed by atoms with E-state index in [1.54, 1.807) is 0 Å². The maximum Gasteiger partial charge on any atom is 0.223 e. The maximum absolute atomic E-state index is 12.5. The molecule has 0 unspecified atom stereocenters. The molecule has 0 aromatic heterocycles. The number of quaternary nitrogens is 2. The van der Waals surface area contributed by atoms with Crippen molar-refractivity contribution < 1.29 is 14.6 Å². The first-order valence-corrected chi connectivity index (χ1v) is 10.3. The smallest absolute Gasteiger partial charge is 0.223 e. The van der Waals surface area contributed by atoms with Gasteiger partial charge in [0.05, 0.1) is 43.8 Å². The Balaban J connectivity index is 1.79. The van der Waals surface area contributed by atoms with Crippen LogP contribution in [0.2, 0.25) is 10.0 Å². The lowest BCUT2D eigenvalue weighted by molar-refractivity contribution is -0.919. The summed E-state index contributed by atoms with van der Waals surface area (Å²) in [5.74, 6) is 0.350. The highest BCUT2D eigenvalue weighted by Gasteiger charge is 2.29. The van der Waals surface area contributed by atoms with Crippen molar-refractivity contribution in [2.75, 3.05) is 40.3 Å². The summed E-state index contributed by atoms with van der Waals surface area (Å²) in [4.78, 5) is 15.4. The quantitative estimate of drug-likeness (QED) is 0.628. The lowest BCUT2D eigenvalue weighted by atomic mass is 9.91. The van der Waals surface area contributed by atoms with Crippen molar-refractivity contribution in [3.05, 3.63) is 33.8 Å². The summed E-state index contributed by atoms with van der Waals surface area (Å²) in [6.07, 6.45) is 1.86. The van der Waals surface area contributed by atoms with Gasteiger partial charge in [0.15, 0.2) is 0 Å². The number of amides is 1. The molecule has 1 aromatic rings. The van der Waals surface area contributed by atoms with Gasteiger partial charge >= 0.3 is 0 Å². The van der Waals surface area contributed by atoms with Crippen LogP contribution >= 0.6 is 23.2 Å². The van der Waals surface area contributed by atoms with Crippen molar-refractivity contribution in [1.29, 1.82) is 0 Å². The SMILES string of the molecule is C[NH+](C)CC(C)(C)CNC(=O)C1CC[NH+](Cc2cccc(Cl)c2Cl)CC1. The Morgan fingerprint density at radius 3 is 2.54 bits per heavy atom. The van der Waals surface area contributed by atoms with E-state index in [2.05, 4.69) is 33.3 Å². The summed E-state index contributed by atoms with van der Waals surface area (Å²) in [6.45, 7) is 9.05. The predicted molar refractivity (Wildman–Crippen MR) is 108 cm³/mol. The van der Waals surface area contributed by atoms with E-state index in [0.717, 1.165) is 51.1 Å². The van der Waals surface area contributed by atoms with Crippen molar-refractivity contribution in [3.63, 3.8) is 0 Å². The maximum atomic E-state index is 12.5. The fourth-order valence-electron chi connectivity index (χ4n) is 3.91. The molecule has 1 saturated heterocycles. The first kappa shape index (κ1) is 21.5. The Morgan fingerprint density at radius 1 is 1.27 bits per heavy atom. The molecule has 2 rings (SSSR count). The molecule has 1 amide bonds. The van der Waals surface area contributed by atoms with Crippen molar-refractivity contribution in [2.45, 2.75) is 33.2 Å². The van der Waals surface area contributed by atoms with E-state index in [4.69, 9.17) is 23.2 Å². The summed E-state index contributed by atoms with van der Waals surface area (Å²) in [6, 6.07) is 5.80. The van der Waals surface area contributed by atoms with Gasteiger partial charge in [-0.2, -0.15) is 0 Å². The molecular weight excluding hydrogens is 369 g/mol. The molecule has 4 nitrogen and oxygen atoms in total. The molecule has 146 valence electrons. The van der Waals surface area contributed by atoms with Crippen LogP contribution in [-0.4, -0.2) is 46.2 Å². The van der Waals surface area contributed by atoms with Gasteiger partial charge < -0.3 is 15.1 Å². The standard InChI is InChI=1S/C20H31Cl2N3O/c1-20(2,14-24(3)4)13-23-19(26)15-8-10-25(11-9-15)12-16-6-5-7-17(21)18(16)22/h5-7,15H,8-14H2,1-4H3,(H,23,26)/p+2. The molecule has 0 radical (unpaired) electrons. The predicted octanol–water partition coefficient (Wildman–Crippen LogP) is 1.08. The second-order valence-corrected chi connectivity index (χ2v) is 9.47. The van der Waals surface area contributed by atoms with Gasteiger partial charge in [0.25, 0.3) is 0 Å². The van der Waals surface area contributed by atoms with Gasteiger partial charge in [0.1, 0.15) is 6.54 Å². The van der Waals surface area contributed by atoms with Crippen LogP contribution in [0.15, 0.2) is 18.2 Å². The van der Waals surface area contributed by atoms with Gasteiger partial charge in [-0.05, 0) is 6.07 Å². The molecule has 1 aliphatic heterocycles. The number of benzene rings is 1. The topological polar surface area (TPSA) is 38.0 Å². The van der Waals surface area contributed by atoms with Crippen LogP contribution in [0.5, 0.6) is 0 Å². The van der Waals surface area contributed by atoms with Crippen molar-refractivity contribution in [1.82, 2.24) is 5.32 Å². The van der Waals surface area contributed by atoms with E-state index in [1.165, 1.54) is 9.80 Å². The molecule has 6 heteroatoms. The molecule has 1 fully saturated rings. The fourth-order valence-corrected chi connectivity index (χ4v) is 4.30. The van der Waals surface area contributed by atoms with Crippen LogP contribution in [-0.2, 0) is 11.3 Å². The fraction of sp³-hybridized carbons (Fsp3) is 0.650. The number of carbonyl (C=O) groups excluding carboxylic acids is 1. The number of hydrogen-bond acceptors (Lipinski definition) is 1. The Labute approximate surface area is 167 Å². The molecule has 0 atom stereocenters. The number of halogens is 2. The molecule has 3 N–H and O–H groups in total. The first-order chi connectivity index (χ1) is 12.2. The van der Waals surface area contributed by atoms with Gasteiger partial charge in [0.2, 0.25) is 5.91 Å². The largest absolute Gasteiger partial charge is 0.355 e. The van der Waals surface area contributed by atoms with Crippen LogP contribution in [0.3, 0.4) is 0 Å². The van der Waals surface area contributed by atoms with Crippen LogP contribution in [0.1, 0.15) is 32.3 Å². The summed E-state index contributed by atoms with van der Waals surface area (Å²) in [5.41, 5.74) is 1.20. The zero-order valence-electron chi connectivity index (χ0n) is 16.4. The van der Waals surface area contributed by atoms with Crippen LogP contribution in [0, 0.1) is 11.3 Å². The molecule has 1 heterocycles. The number of likely N-dealkylation sites (tertiary alicyclic amines) is 1. The van der Waals surface area contributed by atoms with Gasteiger partial charge in [-0.1, -0.05) is 49.2 Å². The van der Waals surface area contributed by atoms with E-state index in [0.29, 0.717) is 10.0 Å². The number of carbonyl (C=O) groups is 1. The normalized spacial score (nSPS) is 21.0. The van der Waals surface area contributed by atoms with E-state index in [1.807, 2.05) is 18.2 Å². The summed E-state index contributed by atoms with van der Waals surface area (Å²) in [7, 11) is 4.29. The highest BCUT2D eigenvalue weighted by atomic mass is 35.5. The van der Waals surface area contributed by atoms with Gasteiger partial charge in [-0.3, -0.25) is 4.79 Å². The lowest BCUT2D eigenvalue weighted by Crippen LogP contribution is -3.11. The second-order valence-electron chi connectivity index (χ2n) is 8.68. The van der Waals surface area contributed by atoms with Crippen LogP contribution < -0.4 is 15.1 Å². The molecule has 0 aliphatic carbocycles. The average Bonchev–Trinajstić information content (AvgIpc) is 2.56. The third kappa shape index (κ3) is 6.41. The highest BCUT2D eigenvalue weighted by molar-refractivity contribution is 6.42. The lowest BCUT2D eigenvalue weighted by Gasteiger charge is -2.30. The van der Waals surface area contributed by atoms with Crippen molar-refractivity contribution in [3.8, 4) is 0 Å². The molecule has 0 saturated carbocycles. The molecule has 0 spiro atoms. The molecule has 26 heavy (non-hydrogen) atoms. The first-order valence-electron chi connectivity index (χ1n) is 9.51. The van der Waals surface area contributed by atoms with Gasteiger partial charge in [0, 0.05) is 36.3 Å². The summed E-state index contributed by atoms with van der Waals surface area (Å²) in [5, 5.41) is 4.45. The summed E-state index contributed by atoms with van der Waals surface area (Å²) >= 11 is 12.4. The molecule has 0 bridgehead atoms. The molecular formula is C20H33Cl2N3O+2. The Kier molecular flexibility index (Phi) is 7.77. The van der Waals surface area contributed by atoms with Gasteiger partial charge in [-0.25, -0.2) is 0 Å². The van der Waals surface area contributed by atoms with Crippen molar-refractivity contribution in [2.24, 2.45) is 11.3 Å². The highest BCUT2D eigenvalue weighted by Crippen LogP contribution is 2.25. The van der Waals surface area contributed by atoms with E-state index >= 15 is 0 Å². The number of rotatable bonds is 7. The van der Waals surface area contributed by atoms with Crippen LogP contribution in [0.25, 0.3) is 0 Å². The Bertz CT molecular complexity index is 611. The Hall–Kier alpha value is -0.810. The number of nitrogens with one attached hydrogen (secondary N) is 3. The molecule has 1 aliphatic rings. The number of hydrogen-bond donors (Lipinski definition) is 3.